The minimum absolute atomic E-state index is 0.133. The summed E-state index contributed by atoms with van der Waals surface area (Å²) in [7, 11) is 0. The number of alkyl halides is 2. The van der Waals surface area contributed by atoms with E-state index in [-0.39, 0.29) is 11.3 Å². The number of unbranched alkanes of at least 4 members (excludes halogenated alkanes) is 3. The maximum Gasteiger partial charge on any atom is 0.427 e. The van der Waals surface area contributed by atoms with Gasteiger partial charge in [0.1, 0.15) is 0 Å². The molecule has 2 aromatic rings. The van der Waals surface area contributed by atoms with E-state index in [2.05, 4.69) is 6.92 Å². The highest BCUT2D eigenvalue weighted by atomic mass is 19.3. The molecule has 0 saturated heterocycles. The van der Waals surface area contributed by atoms with Crippen molar-refractivity contribution in [3.8, 4) is 16.9 Å². The van der Waals surface area contributed by atoms with Crippen LogP contribution in [-0.2, 0) is 12.5 Å². The Kier molecular flexibility index (Phi) is 7.17. The van der Waals surface area contributed by atoms with Gasteiger partial charge in [-0.15, -0.1) is 0 Å². The van der Waals surface area contributed by atoms with Crippen LogP contribution >= 0.6 is 0 Å². The van der Waals surface area contributed by atoms with Crippen LogP contribution in [0.25, 0.3) is 11.1 Å². The SMILES string of the molecule is CCCCCCC1CCC(c2ccc3c(c2)C(F)(F)Oc2c-3ccc(CCC)c2F)CC1. The molecule has 0 unspecified atom stereocenters. The third-order valence-corrected chi connectivity index (χ3v) is 7.36. The summed E-state index contributed by atoms with van der Waals surface area (Å²) in [6, 6.07) is 8.75. The number of hydrogen-bond donors (Lipinski definition) is 0. The molecule has 0 bridgehead atoms. The van der Waals surface area contributed by atoms with Crippen molar-refractivity contribution in [3.63, 3.8) is 0 Å². The second-order valence-corrected chi connectivity index (χ2v) is 9.66. The van der Waals surface area contributed by atoms with E-state index in [1.54, 1.807) is 24.3 Å². The zero-order chi connectivity index (χ0) is 22.7. The third-order valence-electron chi connectivity index (χ3n) is 7.36. The molecule has 0 radical (unpaired) electrons. The fourth-order valence-corrected chi connectivity index (χ4v) is 5.49. The van der Waals surface area contributed by atoms with Crippen LogP contribution in [-0.4, -0.2) is 0 Å². The zero-order valence-electron chi connectivity index (χ0n) is 19.4. The molecule has 1 saturated carbocycles. The molecule has 2 aromatic carbocycles. The summed E-state index contributed by atoms with van der Waals surface area (Å²) in [5, 5.41) is 0. The van der Waals surface area contributed by atoms with E-state index in [0.29, 0.717) is 29.0 Å². The summed E-state index contributed by atoms with van der Waals surface area (Å²) < 4.78 is 49.8. The van der Waals surface area contributed by atoms with Crippen molar-refractivity contribution in [2.24, 2.45) is 5.92 Å². The van der Waals surface area contributed by atoms with Crippen molar-refractivity contribution in [2.75, 3.05) is 0 Å². The van der Waals surface area contributed by atoms with Gasteiger partial charge in [0.05, 0.1) is 5.56 Å². The monoisotopic (exact) mass is 444 g/mol. The molecule has 1 nitrogen and oxygen atoms in total. The Morgan fingerprint density at radius 1 is 0.906 bits per heavy atom. The first-order chi connectivity index (χ1) is 15.4. The molecule has 2 aliphatic rings. The summed E-state index contributed by atoms with van der Waals surface area (Å²) in [6.07, 6.45) is 8.67. The largest absolute Gasteiger partial charge is 0.427 e. The van der Waals surface area contributed by atoms with E-state index in [9.17, 15) is 13.2 Å². The third kappa shape index (κ3) is 4.70. The van der Waals surface area contributed by atoms with E-state index < -0.39 is 11.9 Å². The summed E-state index contributed by atoms with van der Waals surface area (Å²) >= 11 is 0. The summed E-state index contributed by atoms with van der Waals surface area (Å²) in [6.45, 7) is 4.17. The van der Waals surface area contributed by atoms with Gasteiger partial charge in [0, 0.05) is 5.56 Å². The molecular weight excluding hydrogens is 409 g/mol. The first kappa shape index (κ1) is 23.2. The molecule has 1 aliphatic heterocycles. The number of hydrogen-bond acceptors (Lipinski definition) is 1. The second kappa shape index (κ2) is 9.89. The lowest BCUT2D eigenvalue weighted by atomic mass is 9.76. The van der Waals surface area contributed by atoms with Gasteiger partial charge in [-0.2, -0.15) is 8.78 Å². The fourth-order valence-electron chi connectivity index (χ4n) is 5.49. The van der Waals surface area contributed by atoms with Crippen molar-refractivity contribution in [2.45, 2.75) is 96.5 Å². The van der Waals surface area contributed by atoms with Crippen molar-refractivity contribution in [1.29, 1.82) is 0 Å². The number of benzene rings is 2. The topological polar surface area (TPSA) is 9.23 Å². The van der Waals surface area contributed by atoms with Crippen molar-refractivity contribution >= 4 is 0 Å². The Balaban J connectivity index is 1.52. The fraction of sp³-hybridized carbons (Fsp3) is 0.571. The number of rotatable bonds is 8. The first-order valence-electron chi connectivity index (χ1n) is 12.5. The lowest BCUT2D eigenvalue weighted by molar-refractivity contribution is -0.188. The lowest BCUT2D eigenvalue weighted by Crippen LogP contribution is -2.28. The molecule has 0 spiro atoms. The van der Waals surface area contributed by atoms with Crippen molar-refractivity contribution < 1.29 is 17.9 Å². The maximum atomic E-state index is 15.0. The van der Waals surface area contributed by atoms with Gasteiger partial charge in [-0.3, -0.25) is 0 Å². The van der Waals surface area contributed by atoms with Gasteiger partial charge < -0.3 is 4.74 Å². The molecule has 1 aliphatic carbocycles. The normalized spacial score (nSPS) is 21.5. The van der Waals surface area contributed by atoms with Crippen molar-refractivity contribution in [1.82, 2.24) is 0 Å². The van der Waals surface area contributed by atoms with Crippen LogP contribution in [0.1, 0.15) is 101 Å². The van der Waals surface area contributed by atoms with E-state index in [1.807, 2.05) is 13.0 Å². The van der Waals surface area contributed by atoms with Gasteiger partial charge >= 0.3 is 6.11 Å². The predicted molar refractivity (Wildman–Crippen MR) is 124 cm³/mol. The molecule has 174 valence electrons. The number of fused-ring (bicyclic) bond motifs is 3. The van der Waals surface area contributed by atoms with E-state index in [0.717, 1.165) is 30.7 Å². The molecule has 4 rings (SSSR count). The van der Waals surface area contributed by atoms with Gasteiger partial charge in [-0.25, -0.2) is 4.39 Å². The van der Waals surface area contributed by atoms with Gasteiger partial charge in [0.15, 0.2) is 11.6 Å². The second-order valence-electron chi connectivity index (χ2n) is 9.66. The Hall–Kier alpha value is -1.97. The number of aryl methyl sites for hydroxylation is 1. The highest BCUT2D eigenvalue weighted by Gasteiger charge is 2.43. The van der Waals surface area contributed by atoms with E-state index in [4.69, 9.17) is 4.74 Å². The van der Waals surface area contributed by atoms with Crippen LogP contribution in [0.3, 0.4) is 0 Å². The minimum atomic E-state index is -3.53. The van der Waals surface area contributed by atoms with Crippen LogP contribution in [0.2, 0.25) is 0 Å². The molecule has 4 heteroatoms. The Bertz CT molecular complexity index is 929. The first-order valence-corrected chi connectivity index (χ1v) is 12.5. The predicted octanol–water partition coefficient (Wildman–Crippen LogP) is 9.13. The molecule has 1 fully saturated rings. The molecule has 1 heterocycles. The highest BCUT2D eigenvalue weighted by molar-refractivity contribution is 5.77. The average Bonchev–Trinajstić information content (AvgIpc) is 2.79. The highest BCUT2D eigenvalue weighted by Crippen LogP contribution is 2.50. The Labute approximate surface area is 190 Å². The van der Waals surface area contributed by atoms with Crippen LogP contribution in [0.5, 0.6) is 5.75 Å². The lowest BCUT2D eigenvalue weighted by Gasteiger charge is -2.32. The number of ether oxygens (including phenoxy) is 1. The minimum Gasteiger partial charge on any atom is -0.425 e. The van der Waals surface area contributed by atoms with Crippen LogP contribution in [0.4, 0.5) is 13.2 Å². The Morgan fingerprint density at radius 3 is 2.38 bits per heavy atom. The molecule has 0 aromatic heterocycles. The quantitative estimate of drug-likeness (QED) is 0.369. The molecule has 32 heavy (non-hydrogen) atoms. The van der Waals surface area contributed by atoms with E-state index in [1.165, 1.54) is 44.9 Å². The van der Waals surface area contributed by atoms with Gasteiger partial charge in [0.2, 0.25) is 0 Å². The molecule has 0 atom stereocenters. The summed E-state index contributed by atoms with van der Waals surface area (Å²) in [5.41, 5.74) is 2.06. The molecular formula is C28H35F3O. The van der Waals surface area contributed by atoms with Crippen LogP contribution < -0.4 is 4.74 Å². The maximum absolute atomic E-state index is 15.0. The summed E-state index contributed by atoms with van der Waals surface area (Å²) in [4.78, 5) is 0. The average molecular weight is 445 g/mol. The van der Waals surface area contributed by atoms with Crippen LogP contribution in [0.15, 0.2) is 30.3 Å². The van der Waals surface area contributed by atoms with Crippen molar-refractivity contribution in [3.05, 3.63) is 52.8 Å². The molecule has 0 amide bonds. The zero-order valence-corrected chi connectivity index (χ0v) is 19.4. The van der Waals surface area contributed by atoms with Gasteiger partial charge in [-0.1, -0.05) is 76.6 Å². The smallest absolute Gasteiger partial charge is 0.425 e. The number of halogens is 3. The van der Waals surface area contributed by atoms with Gasteiger partial charge in [0.25, 0.3) is 0 Å². The van der Waals surface area contributed by atoms with Crippen LogP contribution in [0, 0.1) is 11.7 Å². The van der Waals surface area contributed by atoms with Gasteiger partial charge in [-0.05, 0) is 66.7 Å². The molecule has 0 N–H and O–H groups in total. The van der Waals surface area contributed by atoms with E-state index >= 15 is 0 Å². The standard InChI is InChI=1S/C28H35F3O/c1-3-5-6-7-9-19-10-12-20(13-11-19)22-15-16-23-24-17-14-21(8-4-2)26(29)27(24)32-28(30,31)25(23)18-22/h14-20H,3-13H2,1-2H3. The summed E-state index contributed by atoms with van der Waals surface area (Å²) in [5.74, 6) is 0.117. The Morgan fingerprint density at radius 2 is 1.66 bits per heavy atom.